The van der Waals surface area contributed by atoms with Crippen LogP contribution < -0.4 is 21.2 Å². The number of hydrogen-bond acceptors (Lipinski definition) is 2. The van der Waals surface area contributed by atoms with E-state index in [-0.39, 0.29) is 27.2 Å². The Kier molecular flexibility index (Phi) is 2.58. The van der Waals surface area contributed by atoms with Crippen molar-refractivity contribution in [2.75, 3.05) is 6.61 Å². The van der Waals surface area contributed by atoms with Gasteiger partial charge in [-0.2, -0.15) is 0 Å². The quantitative estimate of drug-likeness (QED) is 0.431. The molecule has 17 heavy (non-hydrogen) atoms. The van der Waals surface area contributed by atoms with Gasteiger partial charge < -0.3 is 0 Å². The monoisotopic (exact) mass is 350 g/mol. The molecular formula is C13H21INO2-. The number of hydrogen-bond donors (Lipinski definition) is 0. The minimum atomic E-state index is -0.403. The molecule has 0 N–H and O–H groups in total. The van der Waals surface area contributed by atoms with Crippen LogP contribution in [0.2, 0.25) is 0 Å². The topological polar surface area (TPSA) is 29.5 Å². The molecule has 98 valence electrons. The first kappa shape index (κ1) is 12.2. The van der Waals surface area contributed by atoms with Crippen LogP contribution in [-0.4, -0.2) is 36.5 Å². The average Bonchev–Trinajstić information content (AvgIpc) is 2.90. The molecule has 2 saturated heterocycles. The van der Waals surface area contributed by atoms with E-state index < -0.39 is 5.72 Å². The van der Waals surface area contributed by atoms with Crippen LogP contribution in [0.1, 0.15) is 40.5 Å². The summed E-state index contributed by atoms with van der Waals surface area (Å²) >= 11 is 0.269. The molecule has 2 heterocycles. The molecule has 2 unspecified atom stereocenters. The zero-order chi connectivity index (χ0) is 12.4. The molecule has 0 aromatic rings. The summed E-state index contributed by atoms with van der Waals surface area (Å²) in [4.78, 5) is 14.8. The summed E-state index contributed by atoms with van der Waals surface area (Å²) in [6, 6.07) is 0.235. The third-order valence-corrected chi connectivity index (χ3v) is 9.03. The zero-order valence-corrected chi connectivity index (χ0v) is 13.2. The SMILES string of the molecule is CC1[I-]C2(CC2)C1C(=O)N1[C@H](C)COC1(C)C. The number of ether oxygens (including phenoxy) is 1. The molecule has 2 aliphatic heterocycles. The van der Waals surface area contributed by atoms with Gasteiger partial charge in [-0.3, -0.25) is 0 Å². The summed E-state index contributed by atoms with van der Waals surface area (Å²) in [5.41, 5.74) is -0.403. The molecule has 1 amide bonds. The van der Waals surface area contributed by atoms with Crippen molar-refractivity contribution in [3.8, 4) is 0 Å². The molecule has 0 bridgehead atoms. The zero-order valence-electron chi connectivity index (χ0n) is 11.0. The van der Waals surface area contributed by atoms with Gasteiger partial charge in [0.05, 0.1) is 0 Å². The van der Waals surface area contributed by atoms with E-state index in [1.54, 1.807) is 0 Å². The van der Waals surface area contributed by atoms with Gasteiger partial charge in [-0.1, -0.05) is 0 Å². The first-order valence-electron chi connectivity index (χ1n) is 6.49. The van der Waals surface area contributed by atoms with Crippen LogP contribution in [0.25, 0.3) is 0 Å². The predicted molar refractivity (Wildman–Crippen MR) is 61.3 cm³/mol. The summed E-state index contributed by atoms with van der Waals surface area (Å²) in [7, 11) is 0. The Morgan fingerprint density at radius 3 is 2.41 bits per heavy atom. The molecule has 1 aliphatic carbocycles. The number of carbonyl (C=O) groups excluding carboxylic acids is 1. The van der Waals surface area contributed by atoms with E-state index in [2.05, 4.69) is 13.8 Å². The second kappa shape index (κ2) is 3.59. The maximum atomic E-state index is 12.8. The normalized spacial score (nSPS) is 41.9. The van der Waals surface area contributed by atoms with Crippen molar-refractivity contribution in [3.05, 3.63) is 0 Å². The van der Waals surface area contributed by atoms with Crippen molar-refractivity contribution in [2.45, 2.75) is 59.6 Å². The first-order chi connectivity index (χ1) is 7.87. The number of halogens is 1. The summed E-state index contributed by atoms with van der Waals surface area (Å²) in [6.07, 6.45) is 2.62. The summed E-state index contributed by atoms with van der Waals surface area (Å²) in [5, 5.41) is 0. The standard InChI is InChI=1S/C13H21INO2/c1-8-7-17-12(3,4)15(8)11(16)10-9(2)14-13(10)5-6-13/h8-10H,5-7H2,1-4H3/q-1/t8-,9?,10?/m1/s1. The Balaban J connectivity index is 1.82. The van der Waals surface area contributed by atoms with Gasteiger partial charge in [0.25, 0.3) is 0 Å². The van der Waals surface area contributed by atoms with E-state index in [0.29, 0.717) is 25.8 Å². The van der Waals surface area contributed by atoms with Gasteiger partial charge in [0.15, 0.2) is 0 Å². The van der Waals surface area contributed by atoms with E-state index in [0.717, 1.165) is 0 Å². The maximum absolute atomic E-state index is 12.8. The minimum absolute atomic E-state index is 0.235. The second-order valence-corrected chi connectivity index (χ2v) is 10.8. The molecular weight excluding hydrogens is 329 g/mol. The van der Waals surface area contributed by atoms with Crippen molar-refractivity contribution < 1.29 is 30.7 Å². The summed E-state index contributed by atoms with van der Waals surface area (Å²) in [6.45, 7) is 9.10. The van der Waals surface area contributed by atoms with Gasteiger partial charge in [-0.15, -0.1) is 0 Å². The molecule has 0 aromatic heterocycles. The van der Waals surface area contributed by atoms with Gasteiger partial charge >= 0.3 is 114 Å². The first-order valence-corrected chi connectivity index (χ1v) is 8.81. The average molecular weight is 350 g/mol. The van der Waals surface area contributed by atoms with Crippen LogP contribution in [0.5, 0.6) is 0 Å². The van der Waals surface area contributed by atoms with Crippen LogP contribution in [0.15, 0.2) is 0 Å². The Bertz CT molecular complexity index is 364. The van der Waals surface area contributed by atoms with Crippen LogP contribution in [0.4, 0.5) is 0 Å². The Labute approximate surface area is 114 Å². The van der Waals surface area contributed by atoms with Crippen molar-refractivity contribution in [1.29, 1.82) is 0 Å². The molecule has 3 aliphatic rings. The Hall–Kier alpha value is 0.160. The second-order valence-electron chi connectivity index (χ2n) is 6.11. The van der Waals surface area contributed by atoms with Crippen molar-refractivity contribution in [3.63, 3.8) is 0 Å². The fourth-order valence-electron chi connectivity index (χ4n) is 3.41. The fraction of sp³-hybridized carbons (Fsp3) is 0.923. The van der Waals surface area contributed by atoms with Gasteiger partial charge in [0, 0.05) is 0 Å². The van der Waals surface area contributed by atoms with Gasteiger partial charge in [0.2, 0.25) is 0 Å². The number of nitrogens with zero attached hydrogens (tertiary/aromatic N) is 1. The summed E-state index contributed by atoms with van der Waals surface area (Å²) < 4.78 is 6.92. The van der Waals surface area contributed by atoms with E-state index in [9.17, 15) is 4.79 Å². The number of carbonyl (C=O) groups is 1. The molecule has 1 spiro atoms. The molecule has 3 rings (SSSR count). The third kappa shape index (κ3) is 1.66. The van der Waals surface area contributed by atoms with E-state index in [1.807, 2.05) is 18.7 Å². The van der Waals surface area contributed by atoms with Gasteiger partial charge in [0.1, 0.15) is 0 Å². The van der Waals surface area contributed by atoms with Crippen LogP contribution in [-0.2, 0) is 9.53 Å². The Morgan fingerprint density at radius 1 is 1.35 bits per heavy atom. The number of alkyl halides is 2. The molecule has 0 radical (unpaired) electrons. The van der Waals surface area contributed by atoms with Crippen molar-refractivity contribution in [2.24, 2.45) is 5.92 Å². The molecule has 0 aromatic carbocycles. The number of amides is 1. The molecule has 1 saturated carbocycles. The van der Waals surface area contributed by atoms with Crippen molar-refractivity contribution in [1.82, 2.24) is 4.90 Å². The predicted octanol–water partition coefficient (Wildman–Crippen LogP) is -1.39. The van der Waals surface area contributed by atoms with E-state index >= 15 is 0 Å². The van der Waals surface area contributed by atoms with E-state index in [4.69, 9.17) is 4.74 Å². The Morgan fingerprint density at radius 2 is 2.00 bits per heavy atom. The van der Waals surface area contributed by atoms with Crippen LogP contribution >= 0.6 is 0 Å². The molecule has 3 fully saturated rings. The van der Waals surface area contributed by atoms with E-state index in [1.165, 1.54) is 12.8 Å². The van der Waals surface area contributed by atoms with Crippen LogP contribution in [0.3, 0.4) is 0 Å². The van der Waals surface area contributed by atoms with Gasteiger partial charge in [-0.05, 0) is 0 Å². The molecule has 3 atom stereocenters. The number of rotatable bonds is 1. The molecule has 4 heteroatoms. The third-order valence-electron chi connectivity index (χ3n) is 4.34. The summed E-state index contributed by atoms with van der Waals surface area (Å²) in [5.74, 6) is 0.690. The van der Waals surface area contributed by atoms with Crippen LogP contribution in [0, 0.1) is 5.92 Å². The van der Waals surface area contributed by atoms with Crippen molar-refractivity contribution >= 4 is 5.91 Å². The molecule has 3 nitrogen and oxygen atoms in total. The van der Waals surface area contributed by atoms with Gasteiger partial charge in [-0.25, -0.2) is 0 Å². The fourth-order valence-corrected chi connectivity index (χ4v) is 8.21.